The molecule has 78 valence electrons. The Kier molecular flexibility index (Phi) is 4.58. The molecule has 3 heteroatoms. The molecule has 0 saturated carbocycles. The Bertz CT molecular complexity index is 271. The molecule has 1 aromatic rings. The zero-order valence-electron chi connectivity index (χ0n) is 8.15. The fourth-order valence-electron chi connectivity index (χ4n) is 1.25. The molecular weight excluding hydrogens is 244 g/mol. The van der Waals surface area contributed by atoms with Crippen molar-refractivity contribution in [2.24, 2.45) is 0 Å². The van der Waals surface area contributed by atoms with Gasteiger partial charge in [0.05, 0.1) is 12.2 Å². The van der Waals surface area contributed by atoms with Crippen molar-refractivity contribution in [3.63, 3.8) is 0 Å². The smallest absolute Gasteiger partial charge is 0.0814 e. The Morgan fingerprint density at radius 3 is 2.29 bits per heavy atom. The second-order valence-corrected chi connectivity index (χ2v) is 4.28. The zero-order chi connectivity index (χ0) is 10.6. The molecule has 0 aliphatic rings. The molecule has 0 bridgehead atoms. The van der Waals surface area contributed by atoms with Gasteiger partial charge in [-0.1, -0.05) is 35.0 Å². The van der Waals surface area contributed by atoms with Gasteiger partial charge in [0.1, 0.15) is 0 Å². The highest BCUT2D eigenvalue weighted by Gasteiger charge is 2.11. The SMILES string of the molecule is CC[C@@H](O)C[C@H](O)c1ccc(Br)cc1. The van der Waals surface area contributed by atoms with E-state index in [0.717, 1.165) is 10.0 Å². The van der Waals surface area contributed by atoms with Crippen molar-refractivity contribution in [1.29, 1.82) is 0 Å². The molecule has 0 spiro atoms. The van der Waals surface area contributed by atoms with Crippen LogP contribution in [0.25, 0.3) is 0 Å². The van der Waals surface area contributed by atoms with Gasteiger partial charge in [-0.2, -0.15) is 0 Å². The molecule has 0 fully saturated rings. The van der Waals surface area contributed by atoms with Crippen molar-refractivity contribution in [3.8, 4) is 0 Å². The van der Waals surface area contributed by atoms with Crippen molar-refractivity contribution in [3.05, 3.63) is 34.3 Å². The van der Waals surface area contributed by atoms with Gasteiger partial charge in [-0.05, 0) is 24.1 Å². The van der Waals surface area contributed by atoms with Gasteiger partial charge in [0.15, 0.2) is 0 Å². The summed E-state index contributed by atoms with van der Waals surface area (Å²) in [5, 5.41) is 19.1. The number of hydrogen-bond donors (Lipinski definition) is 2. The molecule has 0 unspecified atom stereocenters. The van der Waals surface area contributed by atoms with E-state index in [-0.39, 0.29) is 0 Å². The molecule has 2 nitrogen and oxygen atoms in total. The van der Waals surface area contributed by atoms with Crippen molar-refractivity contribution < 1.29 is 10.2 Å². The third-order valence-electron chi connectivity index (χ3n) is 2.22. The molecule has 0 amide bonds. The van der Waals surface area contributed by atoms with Gasteiger partial charge < -0.3 is 10.2 Å². The standard InChI is InChI=1S/C11H15BrO2/c1-2-10(13)7-11(14)8-3-5-9(12)6-4-8/h3-6,10-11,13-14H,2,7H2,1H3/t10-,11+/m1/s1. The van der Waals surface area contributed by atoms with Crippen LogP contribution in [0.2, 0.25) is 0 Å². The van der Waals surface area contributed by atoms with Gasteiger partial charge in [0.25, 0.3) is 0 Å². The Labute approximate surface area is 92.7 Å². The van der Waals surface area contributed by atoms with E-state index in [9.17, 15) is 10.2 Å². The first-order valence-electron chi connectivity index (χ1n) is 4.75. The van der Waals surface area contributed by atoms with E-state index >= 15 is 0 Å². The van der Waals surface area contributed by atoms with Crippen LogP contribution in [0.1, 0.15) is 31.4 Å². The fourth-order valence-corrected chi connectivity index (χ4v) is 1.51. The van der Waals surface area contributed by atoms with Crippen LogP contribution in [-0.2, 0) is 0 Å². The lowest BCUT2D eigenvalue weighted by molar-refractivity contribution is 0.0784. The normalized spacial score (nSPS) is 15.1. The molecule has 0 radical (unpaired) electrons. The van der Waals surface area contributed by atoms with Crippen LogP contribution in [0.3, 0.4) is 0 Å². The summed E-state index contributed by atoms with van der Waals surface area (Å²) >= 11 is 3.33. The van der Waals surface area contributed by atoms with Crippen LogP contribution in [0.5, 0.6) is 0 Å². The third kappa shape index (κ3) is 3.40. The van der Waals surface area contributed by atoms with Gasteiger partial charge in [0.2, 0.25) is 0 Å². The van der Waals surface area contributed by atoms with Crippen LogP contribution in [0, 0.1) is 0 Å². The Hall–Kier alpha value is -0.380. The minimum atomic E-state index is -0.571. The average molecular weight is 259 g/mol. The van der Waals surface area contributed by atoms with Crippen LogP contribution >= 0.6 is 15.9 Å². The van der Waals surface area contributed by atoms with Crippen LogP contribution in [0.4, 0.5) is 0 Å². The van der Waals surface area contributed by atoms with Gasteiger partial charge >= 0.3 is 0 Å². The predicted molar refractivity (Wildman–Crippen MR) is 60.0 cm³/mol. The largest absolute Gasteiger partial charge is 0.393 e. The number of halogens is 1. The summed E-state index contributed by atoms with van der Waals surface area (Å²) in [6.45, 7) is 1.90. The summed E-state index contributed by atoms with van der Waals surface area (Å²) in [6, 6.07) is 7.49. The zero-order valence-corrected chi connectivity index (χ0v) is 9.74. The number of aliphatic hydroxyl groups excluding tert-OH is 2. The maximum Gasteiger partial charge on any atom is 0.0814 e. The minimum absolute atomic E-state index is 0.401. The molecule has 2 N–H and O–H groups in total. The van der Waals surface area contributed by atoms with Gasteiger partial charge in [-0.15, -0.1) is 0 Å². The van der Waals surface area contributed by atoms with Gasteiger partial charge in [-0.3, -0.25) is 0 Å². The molecule has 0 aromatic heterocycles. The van der Waals surface area contributed by atoms with Crippen molar-refractivity contribution in [2.45, 2.75) is 32.0 Å². The van der Waals surface area contributed by atoms with Crippen molar-refractivity contribution >= 4 is 15.9 Å². The van der Waals surface area contributed by atoms with E-state index < -0.39 is 12.2 Å². The number of rotatable bonds is 4. The summed E-state index contributed by atoms with van der Waals surface area (Å²) in [4.78, 5) is 0. The summed E-state index contributed by atoms with van der Waals surface area (Å²) < 4.78 is 0.990. The molecule has 1 rings (SSSR count). The number of aliphatic hydroxyl groups is 2. The van der Waals surface area contributed by atoms with Crippen LogP contribution in [-0.4, -0.2) is 16.3 Å². The average Bonchev–Trinajstić information content (AvgIpc) is 2.18. The lowest BCUT2D eigenvalue weighted by Crippen LogP contribution is -2.10. The summed E-state index contributed by atoms with van der Waals surface area (Å²) in [7, 11) is 0. The second kappa shape index (κ2) is 5.49. The van der Waals surface area contributed by atoms with Gasteiger partial charge in [0, 0.05) is 10.9 Å². The lowest BCUT2D eigenvalue weighted by atomic mass is 10.0. The van der Waals surface area contributed by atoms with E-state index in [1.165, 1.54) is 0 Å². The molecule has 14 heavy (non-hydrogen) atoms. The molecule has 0 aliphatic heterocycles. The maximum absolute atomic E-state index is 9.74. The molecule has 1 aromatic carbocycles. The molecule has 0 saturated heterocycles. The Balaban J connectivity index is 2.60. The third-order valence-corrected chi connectivity index (χ3v) is 2.75. The highest BCUT2D eigenvalue weighted by molar-refractivity contribution is 9.10. The van der Waals surface area contributed by atoms with Crippen molar-refractivity contribution in [2.75, 3.05) is 0 Å². The fraction of sp³-hybridized carbons (Fsp3) is 0.455. The highest BCUT2D eigenvalue weighted by atomic mass is 79.9. The van der Waals surface area contributed by atoms with E-state index in [1.807, 2.05) is 31.2 Å². The number of benzene rings is 1. The Morgan fingerprint density at radius 1 is 1.21 bits per heavy atom. The maximum atomic E-state index is 9.74. The first-order valence-corrected chi connectivity index (χ1v) is 5.54. The van der Waals surface area contributed by atoms with Crippen LogP contribution in [0.15, 0.2) is 28.7 Å². The van der Waals surface area contributed by atoms with Crippen molar-refractivity contribution in [1.82, 2.24) is 0 Å². The van der Waals surface area contributed by atoms with E-state index in [1.54, 1.807) is 0 Å². The summed E-state index contributed by atoms with van der Waals surface area (Å²) in [5.74, 6) is 0. The lowest BCUT2D eigenvalue weighted by Gasteiger charge is -2.14. The Morgan fingerprint density at radius 2 is 1.79 bits per heavy atom. The monoisotopic (exact) mass is 258 g/mol. The van der Waals surface area contributed by atoms with E-state index in [0.29, 0.717) is 12.8 Å². The first-order chi connectivity index (χ1) is 6.63. The molecule has 2 atom stereocenters. The quantitative estimate of drug-likeness (QED) is 0.872. The molecule has 0 aliphatic carbocycles. The predicted octanol–water partition coefficient (Wildman–Crippen LogP) is 2.64. The summed E-state index contributed by atoms with van der Waals surface area (Å²) in [6.07, 6.45) is 0.0813. The van der Waals surface area contributed by atoms with Gasteiger partial charge in [-0.25, -0.2) is 0 Å². The van der Waals surface area contributed by atoms with E-state index in [2.05, 4.69) is 15.9 Å². The molecular formula is C11H15BrO2. The number of hydrogen-bond acceptors (Lipinski definition) is 2. The first kappa shape index (κ1) is 11.7. The van der Waals surface area contributed by atoms with Crippen LogP contribution < -0.4 is 0 Å². The van der Waals surface area contributed by atoms with E-state index in [4.69, 9.17) is 0 Å². The second-order valence-electron chi connectivity index (χ2n) is 3.37. The highest BCUT2D eigenvalue weighted by Crippen LogP contribution is 2.21. The summed E-state index contributed by atoms with van der Waals surface area (Å²) in [5.41, 5.74) is 0.848. The molecule has 0 heterocycles. The minimum Gasteiger partial charge on any atom is -0.393 e. The topological polar surface area (TPSA) is 40.5 Å².